The van der Waals surface area contributed by atoms with Gasteiger partial charge in [0.1, 0.15) is 11.6 Å². The van der Waals surface area contributed by atoms with Crippen LogP contribution in [0.15, 0.2) is 30.5 Å². The van der Waals surface area contributed by atoms with Gasteiger partial charge in [-0.25, -0.2) is 9.97 Å². The number of rotatable bonds is 5. The second kappa shape index (κ2) is 6.55. The largest absolute Gasteiger partial charge is 0.494 e. The third-order valence-electron chi connectivity index (χ3n) is 3.32. The van der Waals surface area contributed by atoms with Crippen molar-refractivity contribution in [3.63, 3.8) is 0 Å². The van der Waals surface area contributed by atoms with Gasteiger partial charge in [0.2, 0.25) is 0 Å². The van der Waals surface area contributed by atoms with Crippen molar-refractivity contribution in [2.24, 2.45) is 0 Å². The van der Waals surface area contributed by atoms with Crippen molar-refractivity contribution < 1.29 is 4.74 Å². The van der Waals surface area contributed by atoms with Gasteiger partial charge in [0.25, 0.3) is 0 Å². The van der Waals surface area contributed by atoms with E-state index in [0.29, 0.717) is 17.3 Å². The van der Waals surface area contributed by atoms with Crippen LogP contribution in [-0.4, -0.2) is 21.6 Å². The summed E-state index contributed by atoms with van der Waals surface area (Å²) in [5.41, 5.74) is 2.59. The van der Waals surface area contributed by atoms with E-state index in [4.69, 9.17) is 27.9 Å². The lowest BCUT2D eigenvalue weighted by atomic mass is 10.2. The molecule has 0 saturated heterocycles. The van der Waals surface area contributed by atoms with Crippen molar-refractivity contribution in [2.45, 2.75) is 19.8 Å². The molecule has 4 nitrogen and oxygen atoms in total. The number of ether oxygens (including phenoxy) is 1. The van der Waals surface area contributed by atoms with E-state index in [1.807, 2.05) is 31.2 Å². The number of aromatic nitrogens is 3. The monoisotopic (exact) mass is 335 g/mol. The number of hydrogen-bond acceptors (Lipinski definition) is 3. The number of aryl methyl sites for hydroxylation is 2. The molecule has 114 valence electrons. The van der Waals surface area contributed by atoms with Crippen LogP contribution >= 0.6 is 23.2 Å². The lowest BCUT2D eigenvalue weighted by molar-refractivity contribution is 0.310. The highest BCUT2D eigenvalue weighted by Crippen LogP contribution is 2.22. The quantitative estimate of drug-likeness (QED) is 0.694. The number of H-pyrrole nitrogens is 1. The smallest absolute Gasteiger partial charge is 0.177 e. The first kappa shape index (κ1) is 15.1. The van der Waals surface area contributed by atoms with Crippen molar-refractivity contribution in [2.75, 3.05) is 6.61 Å². The van der Waals surface area contributed by atoms with E-state index in [1.165, 1.54) is 0 Å². The van der Waals surface area contributed by atoms with Gasteiger partial charge in [0.15, 0.2) is 5.65 Å². The molecule has 0 radical (unpaired) electrons. The summed E-state index contributed by atoms with van der Waals surface area (Å²) in [6, 6.07) is 7.54. The molecule has 0 aliphatic heterocycles. The maximum absolute atomic E-state index is 6.07. The Morgan fingerprint density at radius 1 is 1.23 bits per heavy atom. The fraction of sp³-hybridized carbons (Fsp3) is 0.250. The Kier molecular flexibility index (Phi) is 4.50. The van der Waals surface area contributed by atoms with E-state index in [1.54, 1.807) is 6.20 Å². The standard InChI is InChI=1S/C16H15Cl2N3O/c1-10-4-5-12(8-13(10)18)22-6-2-3-15-20-14-7-11(17)9-19-16(14)21-15/h4-5,7-9H,2-3,6H2,1H3,(H,19,20,21). The number of hydrogen-bond donors (Lipinski definition) is 1. The zero-order valence-corrected chi connectivity index (χ0v) is 13.6. The van der Waals surface area contributed by atoms with E-state index >= 15 is 0 Å². The Morgan fingerprint density at radius 3 is 2.91 bits per heavy atom. The molecule has 0 aliphatic rings. The molecule has 6 heteroatoms. The SMILES string of the molecule is Cc1ccc(OCCCc2nc3ncc(Cl)cc3[nH]2)cc1Cl. The predicted octanol–water partition coefficient (Wildman–Crippen LogP) is 4.58. The molecular weight excluding hydrogens is 321 g/mol. The highest BCUT2D eigenvalue weighted by Gasteiger charge is 2.05. The van der Waals surface area contributed by atoms with E-state index < -0.39 is 0 Å². The number of halogens is 2. The van der Waals surface area contributed by atoms with Crippen molar-refractivity contribution in [1.29, 1.82) is 0 Å². The zero-order valence-electron chi connectivity index (χ0n) is 12.1. The zero-order chi connectivity index (χ0) is 15.5. The summed E-state index contributed by atoms with van der Waals surface area (Å²) in [5, 5.41) is 1.32. The van der Waals surface area contributed by atoms with Gasteiger partial charge in [-0.05, 0) is 37.1 Å². The van der Waals surface area contributed by atoms with Gasteiger partial charge < -0.3 is 9.72 Å². The molecule has 0 aliphatic carbocycles. The molecule has 0 fully saturated rings. The molecule has 0 spiro atoms. The minimum Gasteiger partial charge on any atom is -0.494 e. The first-order chi connectivity index (χ1) is 10.6. The lowest BCUT2D eigenvalue weighted by Gasteiger charge is -2.06. The van der Waals surface area contributed by atoms with Crippen molar-refractivity contribution >= 4 is 34.4 Å². The Labute approximate surface area is 138 Å². The third kappa shape index (κ3) is 3.51. The summed E-state index contributed by atoms with van der Waals surface area (Å²) in [5.74, 6) is 1.67. The van der Waals surface area contributed by atoms with Crippen LogP contribution in [-0.2, 0) is 6.42 Å². The van der Waals surface area contributed by atoms with Gasteiger partial charge in [-0.15, -0.1) is 0 Å². The van der Waals surface area contributed by atoms with E-state index in [0.717, 1.165) is 40.5 Å². The van der Waals surface area contributed by atoms with Gasteiger partial charge in [0.05, 0.1) is 17.1 Å². The average Bonchev–Trinajstić information content (AvgIpc) is 2.89. The molecule has 2 heterocycles. The van der Waals surface area contributed by atoms with E-state index in [9.17, 15) is 0 Å². The van der Waals surface area contributed by atoms with Crippen LogP contribution in [0.4, 0.5) is 0 Å². The Morgan fingerprint density at radius 2 is 2.09 bits per heavy atom. The summed E-state index contributed by atoms with van der Waals surface area (Å²) >= 11 is 12.0. The molecule has 1 N–H and O–H groups in total. The Bertz CT molecular complexity index is 801. The van der Waals surface area contributed by atoms with Crippen LogP contribution in [0, 0.1) is 6.92 Å². The number of nitrogens with one attached hydrogen (secondary N) is 1. The van der Waals surface area contributed by atoms with Crippen LogP contribution in [0.2, 0.25) is 10.0 Å². The molecule has 0 atom stereocenters. The fourth-order valence-electron chi connectivity index (χ4n) is 2.14. The molecule has 0 unspecified atom stereocenters. The van der Waals surface area contributed by atoms with E-state index in [2.05, 4.69) is 15.0 Å². The third-order valence-corrected chi connectivity index (χ3v) is 3.94. The number of aromatic amines is 1. The van der Waals surface area contributed by atoms with Gasteiger partial charge in [-0.1, -0.05) is 29.3 Å². The maximum atomic E-state index is 6.07. The summed E-state index contributed by atoms with van der Waals surface area (Å²) < 4.78 is 5.69. The number of imidazole rings is 1. The minimum atomic E-state index is 0.599. The normalized spacial score (nSPS) is 11.0. The highest BCUT2D eigenvalue weighted by atomic mass is 35.5. The Balaban J connectivity index is 1.54. The van der Waals surface area contributed by atoms with Crippen molar-refractivity contribution in [3.8, 4) is 5.75 Å². The second-order valence-corrected chi connectivity index (χ2v) is 5.91. The lowest BCUT2D eigenvalue weighted by Crippen LogP contribution is -2.00. The first-order valence-electron chi connectivity index (χ1n) is 7.01. The minimum absolute atomic E-state index is 0.599. The maximum Gasteiger partial charge on any atom is 0.177 e. The molecule has 3 rings (SSSR count). The molecule has 3 aromatic rings. The number of pyridine rings is 1. The summed E-state index contributed by atoms with van der Waals surface area (Å²) in [6.07, 6.45) is 3.23. The summed E-state index contributed by atoms with van der Waals surface area (Å²) in [7, 11) is 0. The van der Waals surface area contributed by atoms with Crippen LogP contribution in [0.25, 0.3) is 11.2 Å². The van der Waals surface area contributed by atoms with Crippen LogP contribution < -0.4 is 4.74 Å². The topological polar surface area (TPSA) is 50.8 Å². The number of nitrogens with zero attached hydrogens (tertiary/aromatic N) is 2. The fourth-order valence-corrected chi connectivity index (χ4v) is 2.46. The van der Waals surface area contributed by atoms with Crippen LogP contribution in [0.3, 0.4) is 0 Å². The van der Waals surface area contributed by atoms with Crippen molar-refractivity contribution in [1.82, 2.24) is 15.0 Å². The average molecular weight is 336 g/mol. The summed E-state index contributed by atoms with van der Waals surface area (Å²) in [4.78, 5) is 11.8. The first-order valence-corrected chi connectivity index (χ1v) is 7.76. The highest BCUT2D eigenvalue weighted by molar-refractivity contribution is 6.31. The molecular formula is C16H15Cl2N3O. The molecule has 2 aromatic heterocycles. The van der Waals surface area contributed by atoms with E-state index in [-0.39, 0.29) is 0 Å². The molecule has 0 bridgehead atoms. The van der Waals surface area contributed by atoms with Gasteiger partial charge in [0, 0.05) is 17.6 Å². The number of fused-ring (bicyclic) bond motifs is 1. The van der Waals surface area contributed by atoms with Crippen molar-refractivity contribution in [3.05, 3.63) is 51.9 Å². The van der Waals surface area contributed by atoms with Gasteiger partial charge in [-0.2, -0.15) is 0 Å². The predicted molar refractivity (Wildman–Crippen MR) is 88.9 cm³/mol. The summed E-state index contributed by atoms with van der Waals surface area (Å²) in [6.45, 7) is 2.57. The molecule has 0 amide bonds. The molecule has 0 saturated carbocycles. The van der Waals surface area contributed by atoms with Crippen LogP contribution in [0.5, 0.6) is 5.75 Å². The van der Waals surface area contributed by atoms with Gasteiger partial charge in [-0.3, -0.25) is 0 Å². The Hall–Kier alpha value is -1.78. The number of benzene rings is 1. The van der Waals surface area contributed by atoms with Gasteiger partial charge >= 0.3 is 0 Å². The molecule has 22 heavy (non-hydrogen) atoms. The molecule has 1 aromatic carbocycles. The second-order valence-electron chi connectivity index (χ2n) is 5.07. The van der Waals surface area contributed by atoms with Crippen LogP contribution in [0.1, 0.15) is 17.8 Å².